The quantitative estimate of drug-likeness (QED) is 0.545. The maximum absolute atomic E-state index is 10.3. The Balaban J connectivity index is 2.13. The van der Waals surface area contributed by atoms with Gasteiger partial charge in [-0.3, -0.25) is 4.79 Å². The van der Waals surface area contributed by atoms with Crippen LogP contribution >= 0.6 is 0 Å². The fraction of sp³-hybridized carbons (Fsp3) is 0.857. The highest BCUT2D eigenvalue weighted by atomic mass is 16.7. The van der Waals surface area contributed by atoms with Gasteiger partial charge in [-0.2, -0.15) is 0 Å². The largest absolute Gasteiger partial charge is 0.460 e. The van der Waals surface area contributed by atoms with Crippen LogP contribution < -0.4 is 0 Å². The molecule has 1 fully saturated rings. The van der Waals surface area contributed by atoms with Crippen molar-refractivity contribution in [2.45, 2.75) is 26.2 Å². The Bertz CT molecular complexity index is 145. The summed E-state index contributed by atoms with van der Waals surface area (Å²) >= 11 is 0. The van der Waals surface area contributed by atoms with Gasteiger partial charge in [0.05, 0.1) is 12.7 Å². The van der Waals surface area contributed by atoms with Gasteiger partial charge in [-0.15, -0.1) is 0 Å². The molecule has 1 aliphatic heterocycles. The van der Waals surface area contributed by atoms with Crippen LogP contribution in [0.15, 0.2) is 0 Å². The number of carbonyl (C=O) groups excluding carboxylic acids is 1. The van der Waals surface area contributed by atoms with E-state index < -0.39 is 0 Å². The summed E-state index contributed by atoms with van der Waals surface area (Å²) in [5.41, 5.74) is 0. The van der Waals surface area contributed by atoms with Crippen LogP contribution in [-0.4, -0.2) is 31.6 Å². The van der Waals surface area contributed by atoms with E-state index in [4.69, 9.17) is 9.47 Å². The Morgan fingerprint density at radius 2 is 2.45 bits per heavy atom. The number of hydrogen-bond donors (Lipinski definition) is 0. The van der Waals surface area contributed by atoms with E-state index in [9.17, 15) is 4.79 Å². The molecule has 0 aromatic heterocycles. The second kappa shape index (κ2) is 3.69. The topological polar surface area (TPSA) is 44.8 Å². The smallest absolute Gasteiger partial charge is 0.302 e. The highest BCUT2D eigenvalue weighted by molar-refractivity contribution is 5.65. The molecule has 2 unspecified atom stereocenters. The summed E-state index contributed by atoms with van der Waals surface area (Å²) in [4.78, 5) is 10.3. The molecule has 0 aliphatic carbocycles. The molecule has 0 N–H and O–H groups in total. The summed E-state index contributed by atoms with van der Waals surface area (Å²) in [6.07, 6.45) is -0.260. The molecule has 0 radical (unpaired) electrons. The third-order valence-corrected chi connectivity index (χ3v) is 1.32. The van der Waals surface area contributed by atoms with Crippen LogP contribution in [0.4, 0.5) is 0 Å². The Kier molecular flexibility index (Phi) is 2.84. The zero-order valence-corrected chi connectivity index (χ0v) is 6.70. The number of hydrogen-bond acceptors (Lipinski definition) is 4. The van der Waals surface area contributed by atoms with E-state index in [1.807, 2.05) is 6.92 Å². The van der Waals surface area contributed by atoms with E-state index in [1.165, 1.54) is 6.92 Å². The third kappa shape index (κ3) is 2.86. The molecule has 0 saturated carbocycles. The molecule has 64 valence electrons. The lowest BCUT2D eigenvalue weighted by Gasteiger charge is -2.08. The number of esters is 1. The average molecular weight is 160 g/mol. The van der Waals surface area contributed by atoms with Crippen molar-refractivity contribution >= 4 is 5.97 Å². The molecule has 0 amide bonds. The second-order valence-electron chi connectivity index (χ2n) is 2.51. The normalized spacial score (nSPS) is 30.4. The van der Waals surface area contributed by atoms with E-state index in [-0.39, 0.29) is 25.0 Å². The monoisotopic (exact) mass is 160 g/mol. The van der Waals surface area contributed by atoms with Crippen molar-refractivity contribution in [1.82, 2.24) is 0 Å². The van der Waals surface area contributed by atoms with Gasteiger partial charge in [0.25, 0.3) is 0 Å². The predicted octanol–water partition coefficient (Wildman–Crippen LogP) is 0.311. The van der Waals surface area contributed by atoms with E-state index in [0.29, 0.717) is 6.61 Å². The Morgan fingerprint density at radius 1 is 1.73 bits per heavy atom. The molecule has 0 spiro atoms. The van der Waals surface area contributed by atoms with E-state index >= 15 is 0 Å². The summed E-state index contributed by atoms with van der Waals surface area (Å²) in [6, 6.07) is 0. The lowest BCUT2D eigenvalue weighted by atomic mass is 10.5. The van der Waals surface area contributed by atoms with Gasteiger partial charge >= 0.3 is 5.97 Å². The minimum absolute atomic E-state index is 0.107. The van der Waals surface area contributed by atoms with Crippen LogP contribution in [0.25, 0.3) is 0 Å². The van der Waals surface area contributed by atoms with Crippen molar-refractivity contribution < 1.29 is 19.0 Å². The van der Waals surface area contributed by atoms with Crippen molar-refractivity contribution in [1.29, 1.82) is 0 Å². The van der Waals surface area contributed by atoms with Crippen LogP contribution in [0.2, 0.25) is 0 Å². The standard InChI is InChI=1S/C7H12O4/c1-5-3-10-7(11-5)4-9-6(2)8/h5,7H,3-4H2,1-2H3. The summed E-state index contributed by atoms with van der Waals surface area (Å²) in [5.74, 6) is -0.309. The first-order chi connectivity index (χ1) is 5.18. The lowest BCUT2D eigenvalue weighted by molar-refractivity contribution is -0.154. The summed E-state index contributed by atoms with van der Waals surface area (Å²) in [7, 11) is 0. The highest BCUT2D eigenvalue weighted by Crippen LogP contribution is 2.10. The molecule has 1 rings (SSSR count). The molecule has 2 atom stereocenters. The van der Waals surface area contributed by atoms with Gasteiger partial charge in [-0.05, 0) is 6.92 Å². The van der Waals surface area contributed by atoms with Gasteiger partial charge < -0.3 is 14.2 Å². The van der Waals surface area contributed by atoms with Crippen LogP contribution in [0, 0.1) is 0 Å². The molecule has 11 heavy (non-hydrogen) atoms. The van der Waals surface area contributed by atoms with Crippen LogP contribution in [-0.2, 0) is 19.0 Å². The lowest BCUT2D eigenvalue weighted by Crippen LogP contribution is -2.18. The molecular formula is C7H12O4. The Hall–Kier alpha value is -0.610. The SMILES string of the molecule is CC(=O)OCC1OCC(C)O1. The van der Waals surface area contributed by atoms with Gasteiger partial charge in [0.15, 0.2) is 6.29 Å². The second-order valence-corrected chi connectivity index (χ2v) is 2.51. The minimum Gasteiger partial charge on any atom is -0.460 e. The van der Waals surface area contributed by atoms with Gasteiger partial charge in [0, 0.05) is 6.92 Å². The van der Waals surface area contributed by atoms with E-state index in [0.717, 1.165) is 0 Å². The predicted molar refractivity (Wildman–Crippen MR) is 36.9 cm³/mol. The van der Waals surface area contributed by atoms with Gasteiger partial charge in [-0.25, -0.2) is 0 Å². The van der Waals surface area contributed by atoms with E-state index in [2.05, 4.69) is 4.74 Å². The minimum atomic E-state index is -0.367. The van der Waals surface area contributed by atoms with Crippen molar-refractivity contribution in [3.63, 3.8) is 0 Å². The summed E-state index contributed by atoms with van der Waals surface area (Å²) in [5, 5.41) is 0. The van der Waals surface area contributed by atoms with Crippen molar-refractivity contribution in [3.8, 4) is 0 Å². The maximum atomic E-state index is 10.3. The summed E-state index contributed by atoms with van der Waals surface area (Å²) in [6.45, 7) is 4.04. The first-order valence-electron chi connectivity index (χ1n) is 3.59. The van der Waals surface area contributed by atoms with Crippen molar-refractivity contribution in [2.24, 2.45) is 0 Å². The average Bonchev–Trinajstić information content (AvgIpc) is 2.31. The molecular weight excluding hydrogens is 148 g/mol. The zero-order valence-electron chi connectivity index (χ0n) is 6.70. The van der Waals surface area contributed by atoms with Crippen molar-refractivity contribution in [3.05, 3.63) is 0 Å². The number of rotatable bonds is 2. The first-order valence-corrected chi connectivity index (χ1v) is 3.59. The molecule has 0 bridgehead atoms. The first kappa shape index (κ1) is 8.49. The van der Waals surface area contributed by atoms with Crippen molar-refractivity contribution in [2.75, 3.05) is 13.2 Å². The van der Waals surface area contributed by atoms with Crippen LogP contribution in [0.3, 0.4) is 0 Å². The molecule has 1 heterocycles. The fourth-order valence-corrected chi connectivity index (χ4v) is 0.853. The maximum Gasteiger partial charge on any atom is 0.302 e. The van der Waals surface area contributed by atoms with E-state index in [1.54, 1.807) is 0 Å². The number of ether oxygens (including phenoxy) is 3. The van der Waals surface area contributed by atoms with Crippen LogP contribution in [0.5, 0.6) is 0 Å². The zero-order chi connectivity index (χ0) is 8.27. The fourth-order valence-electron chi connectivity index (χ4n) is 0.853. The van der Waals surface area contributed by atoms with Gasteiger partial charge in [0.2, 0.25) is 0 Å². The summed E-state index contributed by atoms with van der Waals surface area (Å²) < 4.78 is 15.0. The Labute approximate surface area is 65.4 Å². The molecule has 1 aliphatic rings. The highest BCUT2D eigenvalue weighted by Gasteiger charge is 2.22. The molecule has 0 aromatic rings. The van der Waals surface area contributed by atoms with Crippen LogP contribution in [0.1, 0.15) is 13.8 Å². The molecule has 4 nitrogen and oxygen atoms in total. The molecule has 4 heteroatoms. The Morgan fingerprint density at radius 3 is 2.91 bits per heavy atom. The third-order valence-electron chi connectivity index (χ3n) is 1.32. The van der Waals surface area contributed by atoms with Gasteiger partial charge in [-0.1, -0.05) is 0 Å². The number of carbonyl (C=O) groups is 1. The molecule has 0 aromatic carbocycles. The molecule has 1 saturated heterocycles. The van der Waals surface area contributed by atoms with Gasteiger partial charge in [0.1, 0.15) is 6.61 Å².